The maximum Gasteiger partial charge on any atom is 0.315 e. The van der Waals surface area contributed by atoms with Gasteiger partial charge in [-0.1, -0.05) is 28.1 Å². The number of benzene rings is 1. The molecule has 1 aromatic rings. The molecule has 0 aliphatic heterocycles. The van der Waals surface area contributed by atoms with E-state index in [4.69, 9.17) is 0 Å². The Morgan fingerprint density at radius 1 is 1.13 bits per heavy atom. The Morgan fingerprint density at radius 3 is 2.17 bits per heavy atom. The van der Waals surface area contributed by atoms with Gasteiger partial charge in [0.25, 0.3) is 0 Å². The molecule has 2 amide bonds. The SMILES string of the molecule is CC(=O)C(C(C)=O)[C@@H](NC(=O)NCC1CC1)c1ccc(Br)cc1. The molecule has 6 heteroatoms. The third-order valence-electron chi connectivity index (χ3n) is 3.97. The zero-order valence-corrected chi connectivity index (χ0v) is 14.9. The number of urea groups is 1. The van der Waals surface area contributed by atoms with Gasteiger partial charge in [0, 0.05) is 11.0 Å². The quantitative estimate of drug-likeness (QED) is 0.713. The van der Waals surface area contributed by atoms with Gasteiger partial charge in [-0.3, -0.25) is 9.59 Å². The van der Waals surface area contributed by atoms with E-state index in [0.29, 0.717) is 12.5 Å². The minimum atomic E-state index is -0.886. The minimum absolute atomic E-state index is 0.257. The third-order valence-corrected chi connectivity index (χ3v) is 4.50. The summed E-state index contributed by atoms with van der Waals surface area (Å²) in [6.07, 6.45) is 2.28. The molecule has 1 aliphatic carbocycles. The van der Waals surface area contributed by atoms with E-state index in [-0.39, 0.29) is 17.6 Å². The van der Waals surface area contributed by atoms with Crippen molar-refractivity contribution in [2.24, 2.45) is 11.8 Å². The van der Waals surface area contributed by atoms with Crippen LogP contribution < -0.4 is 10.6 Å². The summed E-state index contributed by atoms with van der Waals surface area (Å²) in [5.74, 6) is -0.841. The number of Topliss-reactive ketones (excluding diaryl/α,β-unsaturated/α-hetero) is 2. The average Bonchev–Trinajstić information content (AvgIpc) is 3.28. The fraction of sp³-hybridized carbons (Fsp3) is 0.471. The lowest BCUT2D eigenvalue weighted by molar-refractivity contribution is -0.131. The van der Waals surface area contributed by atoms with Crippen LogP contribution in [0.1, 0.15) is 38.3 Å². The molecule has 1 atom stereocenters. The summed E-state index contributed by atoms with van der Waals surface area (Å²) in [7, 11) is 0. The summed E-state index contributed by atoms with van der Waals surface area (Å²) in [4.78, 5) is 36.0. The number of rotatable bonds is 7. The van der Waals surface area contributed by atoms with Crippen molar-refractivity contribution in [3.8, 4) is 0 Å². The van der Waals surface area contributed by atoms with Gasteiger partial charge in [0.1, 0.15) is 17.5 Å². The summed E-state index contributed by atoms with van der Waals surface area (Å²) >= 11 is 3.35. The van der Waals surface area contributed by atoms with Crippen LogP contribution in [0, 0.1) is 11.8 Å². The maximum atomic E-state index is 12.1. The Labute approximate surface area is 144 Å². The van der Waals surface area contributed by atoms with Crippen molar-refractivity contribution >= 4 is 33.5 Å². The number of hydrogen-bond donors (Lipinski definition) is 2. The van der Waals surface area contributed by atoms with Crippen molar-refractivity contribution in [3.05, 3.63) is 34.3 Å². The van der Waals surface area contributed by atoms with E-state index in [1.54, 1.807) is 12.1 Å². The minimum Gasteiger partial charge on any atom is -0.338 e. The van der Waals surface area contributed by atoms with Gasteiger partial charge < -0.3 is 10.6 Å². The normalized spacial score (nSPS) is 15.1. The number of hydrogen-bond acceptors (Lipinski definition) is 3. The van der Waals surface area contributed by atoms with Crippen LogP contribution in [0.3, 0.4) is 0 Å². The highest BCUT2D eigenvalue weighted by Gasteiger charge is 2.32. The van der Waals surface area contributed by atoms with Gasteiger partial charge in [-0.2, -0.15) is 0 Å². The second-order valence-electron chi connectivity index (χ2n) is 6.03. The smallest absolute Gasteiger partial charge is 0.315 e. The van der Waals surface area contributed by atoms with E-state index in [2.05, 4.69) is 26.6 Å². The first-order valence-corrected chi connectivity index (χ1v) is 8.48. The van der Waals surface area contributed by atoms with E-state index in [1.807, 2.05) is 12.1 Å². The highest BCUT2D eigenvalue weighted by atomic mass is 79.9. The van der Waals surface area contributed by atoms with E-state index in [9.17, 15) is 14.4 Å². The van der Waals surface area contributed by atoms with Gasteiger partial charge >= 0.3 is 6.03 Å². The summed E-state index contributed by atoms with van der Waals surface area (Å²) < 4.78 is 0.889. The van der Waals surface area contributed by atoms with Gasteiger partial charge in [0.2, 0.25) is 0 Å². The van der Waals surface area contributed by atoms with Crippen LogP contribution in [0.5, 0.6) is 0 Å². The number of ketones is 2. The zero-order chi connectivity index (χ0) is 17.0. The standard InChI is InChI=1S/C17H21BrN2O3/c1-10(21)15(11(2)22)16(13-5-7-14(18)8-6-13)20-17(23)19-9-12-3-4-12/h5-8,12,15-16H,3-4,9H2,1-2H3,(H2,19,20,23)/t16-/m0/s1. The van der Waals surface area contributed by atoms with Crippen LogP contribution in [-0.4, -0.2) is 24.1 Å². The molecule has 0 unspecified atom stereocenters. The van der Waals surface area contributed by atoms with E-state index in [0.717, 1.165) is 22.9 Å². The predicted octanol–water partition coefficient (Wildman–Crippen LogP) is 2.99. The van der Waals surface area contributed by atoms with Crippen LogP contribution >= 0.6 is 15.9 Å². The first kappa shape index (κ1) is 17.7. The first-order valence-electron chi connectivity index (χ1n) is 7.69. The van der Waals surface area contributed by atoms with E-state index < -0.39 is 12.0 Å². The molecule has 0 saturated heterocycles. The van der Waals surface area contributed by atoms with E-state index in [1.165, 1.54) is 13.8 Å². The first-order chi connectivity index (χ1) is 10.9. The Bertz CT molecular complexity index is 582. The molecule has 0 aromatic heterocycles. The molecule has 1 fully saturated rings. The molecule has 0 spiro atoms. The van der Waals surface area contributed by atoms with Crippen LogP contribution in [0.4, 0.5) is 4.79 Å². The highest BCUT2D eigenvalue weighted by molar-refractivity contribution is 9.10. The Hall–Kier alpha value is -1.69. The third kappa shape index (κ3) is 5.16. The molecular weight excluding hydrogens is 360 g/mol. The summed E-state index contributed by atoms with van der Waals surface area (Å²) in [5.41, 5.74) is 0.727. The maximum absolute atomic E-state index is 12.1. The molecule has 0 heterocycles. The van der Waals surface area contributed by atoms with Gasteiger partial charge in [0.15, 0.2) is 0 Å². The largest absolute Gasteiger partial charge is 0.338 e. The lowest BCUT2D eigenvalue weighted by atomic mass is 9.87. The van der Waals surface area contributed by atoms with Crippen molar-refractivity contribution in [3.63, 3.8) is 0 Å². The highest BCUT2D eigenvalue weighted by Crippen LogP contribution is 2.28. The molecule has 1 aliphatic rings. The Kier molecular flexibility index (Phi) is 5.93. The van der Waals surface area contributed by atoms with Crippen LogP contribution in [0.2, 0.25) is 0 Å². The average molecular weight is 381 g/mol. The van der Waals surface area contributed by atoms with Crippen molar-refractivity contribution in [2.45, 2.75) is 32.7 Å². The van der Waals surface area contributed by atoms with Gasteiger partial charge in [0.05, 0.1) is 6.04 Å². The van der Waals surface area contributed by atoms with Gasteiger partial charge in [-0.15, -0.1) is 0 Å². The van der Waals surface area contributed by atoms with Crippen LogP contribution in [-0.2, 0) is 9.59 Å². The van der Waals surface area contributed by atoms with Gasteiger partial charge in [-0.05, 0) is 50.3 Å². The van der Waals surface area contributed by atoms with Crippen molar-refractivity contribution < 1.29 is 14.4 Å². The summed E-state index contributed by atoms with van der Waals surface area (Å²) in [5, 5.41) is 5.60. The van der Waals surface area contributed by atoms with Crippen molar-refractivity contribution in [2.75, 3.05) is 6.54 Å². The van der Waals surface area contributed by atoms with Crippen LogP contribution in [0.25, 0.3) is 0 Å². The fourth-order valence-corrected chi connectivity index (χ4v) is 2.80. The van der Waals surface area contributed by atoms with Crippen LogP contribution in [0.15, 0.2) is 28.7 Å². The van der Waals surface area contributed by atoms with Crippen molar-refractivity contribution in [1.29, 1.82) is 0 Å². The topological polar surface area (TPSA) is 75.3 Å². The molecule has 0 bridgehead atoms. The fourth-order valence-electron chi connectivity index (χ4n) is 2.54. The Morgan fingerprint density at radius 2 is 1.70 bits per heavy atom. The molecule has 2 rings (SSSR count). The summed E-state index contributed by atoms with van der Waals surface area (Å²) in [6.45, 7) is 3.38. The molecule has 0 radical (unpaired) electrons. The molecule has 1 aromatic carbocycles. The second kappa shape index (κ2) is 7.73. The monoisotopic (exact) mass is 380 g/mol. The lowest BCUT2D eigenvalue weighted by Gasteiger charge is -2.25. The number of carbonyl (C=O) groups is 3. The zero-order valence-electron chi connectivity index (χ0n) is 13.3. The van der Waals surface area contributed by atoms with E-state index >= 15 is 0 Å². The lowest BCUT2D eigenvalue weighted by Crippen LogP contribution is -2.44. The molecule has 124 valence electrons. The Balaban J connectivity index is 2.18. The number of carbonyl (C=O) groups excluding carboxylic acids is 3. The number of halogens is 1. The molecule has 5 nitrogen and oxygen atoms in total. The molecule has 23 heavy (non-hydrogen) atoms. The molecule has 2 N–H and O–H groups in total. The summed E-state index contributed by atoms with van der Waals surface area (Å²) in [6, 6.07) is 6.23. The number of amides is 2. The molecular formula is C17H21BrN2O3. The predicted molar refractivity (Wildman–Crippen MR) is 91.0 cm³/mol. The van der Waals surface area contributed by atoms with Crippen molar-refractivity contribution in [1.82, 2.24) is 10.6 Å². The molecule has 1 saturated carbocycles. The second-order valence-corrected chi connectivity index (χ2v) is 6.94. The number of nitrogens with one attached hydrogen (secondary N) is 2. The van der Waals surface area contributed by atoms with Gasteiger partial charge in [-0.25, -0.2) is 4.79 Å².